The van der Waals surface area contributed by atoms with Crippen LogP contribution in [0.25, 0.3) is 43.6 Å². The second-order valence-electron chi connectivity index (χ2n) is 17.0. The zero-order valence-corrected chi connectivity index (χ0v) is 36.9. The third kappa shape index (κ3) is 12.6. The van der Waals surface area contributed by atoms with Crippen molar-refractivity contribution in [2.24, 2.45) is 0 Å². The molecule has 0 aliphatic heterocycles. The number of unbranched alkanes of at least 4 members (excludes halogenated alkanes) is 20. The molecule has 58 heavy (non-hydrogen) atoms. The second kappa shape index (κ2) is 25.0. The van der Waals surface area contributed by atoms with Crippen molar-refractivity contribution in [3.05, 3.63) is 69.0 Å². The molecule has 5 aromatic rings. The van der Waals surface area contributed by atoms with Crippen LogP contribution in [-0.4, -0.2) is 22.3 Å². The smallest absolute Gasteiger partial charge is 0.197 e. The number of rotatable bonds is 30. The molecule has 0 saturated heterocycles. The molecule has 0 radical (unpaired) electrons. The van der Waals surface area contributed by atoms with Crippen molar-refractivity contribution in [3.8, 4) is 11.5 Å². The van der Waals surface area contributed by atoms with E-state index in [0.717, 1.165) is 85.2 Å². The standard InChI is InChI=1S/C52H76N2O4/c1-5-9-13-17-21-25-33-53-47-31-29-41(57-35-27-23-19-15-11-7-3)37-43(47)51(55)45-40-50-46(39-49(45)53)52(56)44-38-42(58-36-28-24-20-16-12-8-4)30-32-48(44)54(50)34-26-22-18-14-10-6-2/h29-32,37-40H,5-28,33-36H2,1-4H3. The molecule has 3 aromatic carbocycles. The van der Waals surface area contributed by atoms with E-state index >= 15 is 0 Å². The lowest BCUT2D eigenvalue weighted by Crippen LogP contribution is -2.16. The van der Waals surface area contributed by atoms with Crippen molar-refractivity contribution in [1.82, 2.24) is 9.13 Å². The van der Waals surface area contributed by atoms with Gasteiger partial charge in [0.15, 0.2) is 10.9 Å². The molecule has 0 N–H and O–H groups in total. The number of aromatic nitrogens is 2. The van der Waals surface area contributed by atoms with E-state index in [1.807, 2.05) is 36.4 Å². The molecule has 2 heterocycles. The van der Waals surface area contributed by atoms with E-state index in [1.165, 1.54) is 116 Å². The predicted molar refractivity (Wildman–Crippen MR) is 249 cm³/mol. The first-order valence-corrected chi connectivity index (χ1v) is 23.9. The fraction of sp³-hybridized carbons (Fsp3) is 0.615. The van der Waals surface area contributed by atoms with Crippen LogP contribution >= 0.6 is 0 Å². The van der Waals surface area contributed by atoms with Gasteiger partial charge in [-0.1, -0.05) is 156 Å². The first kappa shape index (κ1) is 45.3. The molecule has 0 bridgehead atoms. The highest BCUT2D eigenvalue weighted by Gasteiger charge is 2.18. The number of ether oxygens (including phenoxy) is 2. The van der Waals surface area contributed by atoms with Crippen LogP contribution in [0.3, 0.4) is 0 Å². The molecule has 0 amide bonds. The Labute approximate surface area is 349 Å². The van der Waals surface area contributed by atoms with Gasteiger partial charge in [0.1, 0.15) is 11.5 Å². The van der Waals surface area contributed by atoms with Gasteiger partial charge in [0.05, 0.1) is 35.3 Å². The van der Waals surface area contributed by atoms with E-state index in [9.17, 15) is 9.59 Å². The molecular weight excluding hydrogens is 717 g/mol. The van der Waals surface area contributed by atoms with Gasteiger partial charge < -0.3 is 18.6 Å². The molecule has 0 aliphatic rings. The van der Waals surface area contributed by atoms with Crippen LogP contribution in [0.1, 0.15) is 182 Å². The maximum absolute atomic E-state index is 14.7. The van der Waals surface area contributed by atoms with Gasteiger partial charge in [0.2, 0.25) is 0 Å². The fourth-order valence-electron chi connectivity index (χ4n) is 8.71. The highest BCUT2D eigenvalue weighted by molar-refractivity contribution is 6.04. The highest BCUT2D eigenvalue weighted by atomic mass is 16.5. The number of aryl methyl sites for hydroxylation is 2. The minimum atomic E-state index is 0.00761. The highest BCUT2D eigenvalue weighted by Crippen LogP contribution is 2.30. The van der Waals surface area contributed by atoms with Gasteiger partial charge in [-0.05, 0) is 74.2 Å². The lowest BCUT2D eigenvalue weighted by molar-refractivity contribution is 0.304. The topological polar surface area (TPSA) is 62.5 Å². The summed E-state index contributed by atoms with van der Waals surface area (Å²) in [6.45, 7) is 11.9. The Hall–Kier alpha value is -3.80. The first-order valence-electron chi connectivity index (χ1n) is 23.9. The molecule has 5 rings (SSSR count). The van der Waals surface area contributed by atoms with Crippen molar-refractivity contribution in [2.75, 3.05) is 13.2 Å². The summed E-state index contributed by atoms with van der Waals surface area (Å²) in [7, 11) is 0. The van der Waals surface area contributed by atoms with Gasteiger partial charge in [-0.15, -0.1) is 0 Å². The minimum Gasteiger partial charge on any atom is -0.494 e. The van der Waals surface area contributed by atoms with E-state index in [0.29, 0.717) is 34.8 Å². The predicted octanol–water partition coefficient (Wildman–Crippen LogP) is 14.8. The summed E-state index contributed by atoms with van der Waals surface area (Å²) in [6, 6.07) is 16.2. The Bertz CT molecular complexity index is 1960. The quantitative estimate of drug-likeness (QED) is 0.0343. The van der Waals surface area contributed by atoms with Gasteiger partial charge in [0, 0.05) is 34.6 Å². The molecule has 6 heteroatoms. The van der Waals surface area contributed by atoms with Crippen LogP contribution in [0.5, 0.6) is 11.5 Å². The average Bonchev–Trinajstić information content (AvgIpc) is 3.24. The summed E-state index contributed by atoms with van der Waals surface area (Å²) in [4.78, 5) is 29.3. The Balaban J connectivity index is 1.56. The lowest BCUT2D eigenvalue weighted by Gasteiger charge is -2.20. The summed E-state index contributed by atoms with van der Waals surface area (Å²) in [6.07, 6.45) is 28.7. The maximum atomic E-state index is 14.7. The Morgan fingerprint density at radius 2 is 0.672 bits per heavy atom. The molecule has 0 spiro atoms. The summed E-state index contributed by atoms with van der Waals surface area (Å²) in [5, 5.41) is 2.73. The number of nitrogens with zero attached hydrogens (tertiary/aromatic N) is 2. The first-order chi connectivity index (χ1) is 28.5. The minimum absolute atomic E-state index is 0.00761. The van der Waals surface area contributed by atoms with Gasteiger partial charge in [-0.25, -0.2) is 0 Å². The molecular formula is C52H76N2O4. The molecule has 6 nitrogen and oxygen atoms in total. The van der Waals surface area contributed by atoms with Crippen molar-refractivity contribution in [1.29, 1.82) is 0 Å². The Kier molecular flexibility index (Phi) is 19.5. The Morgan fingerprint density at radius 3 is 1.03 bits per heavy atom. The van der Waals surface area contributed by atoms with Crippen LogP contribution in [0.15, 0.2) is 58.1 Å². The van der Waals surface area contributed by atoms with Crippen molar-refractivity contribution >= 4 is 43.6 Å². The van der Waals surface area contributed by atoms with Crippen LogP contribution in [0, 0.1) is 0 Å². The molecule has 0 unspecified atom stereocenters. The third-order valence-electron chi connectivity index (χ3n) is 12.2. The number of benzene rings is 3. The van der Waals surface area contributed by atoms with Gasteiger partial charge in [0.25, 0.3) is 0 Å². The van der Waals surface area contributed by atoms with Crippen LogP contribution in [0.4, 0.5) is 0 Å². The monoisotopic (exact) mass is 793 g/mol. The molecule has 318 valence electrons. The van der Waals surface area contributed by atoms with E-state index in [1.54, 1.807) is 0 Å². The second-order valence-corrected chi connectivity index (χ2v) is 17.0. The van der Waals surface area contributed by atoms with Gasteiger partial charge in [-0.2, -0.15) is 0 Å². The average molecular weight is 793 g/mol. The molecule has 2 aromatic heterocycles. The summed E-state index contributed by atoms with van der Waals surface area (Å²) >= 11 is 0. The van der Waals surface area contributed by atoms with Gasteiger partial charge >= 0.3 is 0 Å². The number of hydrogen-bond donors (Lipinski definition) is 0. The molecule has 0 atom stereocenters. The third-order valence-corrected chi connectivity index (χ3v) is 12.2. The maximum Gasteiger partial charge on any atom is 0.197 e. The van der Waals surface area contributed by atoms with Gasteiger partial charge in [-0.3, -0.25) is 9.59 Å². The van der Waals surface area contributed by atoms with Crippen LogP contribution < -0.4 is 20.3 Å². The normalized spacial score (nSPS) is 11.8. The van der Waals surface area contributed by atoms with E-state index in [4.69, 9.17) is 9.47 Å². The van der Waals surface area contributed by atoms with E-state index in [-0.39, 0.29) is 10.9 Å². The summed E-state index contributed by atoms with van der Waals surface area (Å²) < 4.78 is 17.1. The largest absolute Gasteiger partial charge is 0.494 e. The SMILES string of the molecule is CCCCCCCCOc1ccc2c(c1)c(=O)c1cc3c(cc1n2CCCCCCCC)c(=O)c1cc(OCCCCCCCC)ccc1n3CCCCCCCC. The van der Waals surface area contributed by atoms with E-state index in [2.05, 4.69) is 49.0 Å². The summed E-state index contributed by atoms with van der Waals surface area (Å²) in [5.41, 5.74) is 3.53. The van der Waals surface area contributed by atoms with Crippen LogP contribution in [-0.2, 0) is 13.1 Å². The van der Waals surface area contributed by atoms with Crippen LogP contribution in [0.2, 0.25) is 0 Å². The van der Waals surface area contributed by atoms with Crippen molar-refractivity contribution in [2.45, 2.75) is 195 Å². The summed E-state index contributed by atoms with van der Waals surface area (Å²) in [5.74, 6) is 1.51. The fourth-order valence-corrected chi connectivity index (χ4v) is 8.71. The molecule has 0 saturated carbocycles. The number of fused-ring (bicyclic) bond motifs is 4. The van der Waals surface area contributed by atoms with Crippen molar-refractivity contribution < 1.29 is 9.47 Å². The van der Waals surface area contributed by atoms with E-state index < -0.39 is 0 Å². The number of pyridine rings is 2. The lowest BCUT2D eigenvalue weighted by atomic mass is 10.0. The van der Waals surface area contributed by atoms with Crippen molar-refractivity contribution in [3.63, 3.8) is 0 Å². The molecule has 0 aliphatic carbocycles. The zero-order chi connectivity index (χ0) is 41.0. The number of hydrogen-bond acceptors (Lipinski definition) is 4. The zero-order valence-electron chi connectivity index (χ0n) is 36.9. The Morgan fingerprint density at radius 1 is 0.362 bits per heavy atom. The molecule has 0 fully saturated rings.